The van der Waals surface area contributed by atoms with Crippen LogP contribution in [0.1, 0.15) is 46.0 Å². The lowest BCUT2D eigenvalue weighted by atomic mass is 10.1. The summed E-state index contributed by atoms with van der Waals surface area (Å²) in [6.45, 7) is 6.18. The summed E-state index contributed by atoms with van der Waals surface area (Å²) in [5.41, 5.74) is 1.41. The molecule has 2 rings (SSSR count). The normalized spacial score (nSPS) is 11.6. The molecule has 1 aromatic heterocycles. The van der Waals surface area contributed by atoms with Crippen molar-refractivity contribution < 1.29 is 33.0 Å². The van der Waals surface area contributed by atoms with E-state index in [1.54, 1.807) is 20.8 Å². The number of carbonyl (C=O) groups excluding carboxylic acids is 3. The number of hydrogen-bond acceptors (Lipinski definition) is 6. The minimum Gasteiger partial charge on any atom is -0.482 e. The SMILES string of the molecule is CCOC(=O)c1c(C)[nH]c(C(=O)[C@H](C)OC(=O)COc2ccc(F)cc2)c1C. The number of esters is 2. The molecule has 0 fully saturated rings. The highest BCUT2D eigenvalue weighted by molar-refractivity contribution is 6.04. The van der Waals surface area contributed by atoms with Crippen molar-refractivity contribution in [3.63, 3.8) is 0 Å². The molecule has 1 atom stereocenters. The van der Waals surface area contributed by atoms with E-state index in [1.807, 2.05) is 0 Å². The average Bonchev–Trinajstić information content (AvgIpc) is 2.95. The molecule has 28 heavy (non-hydrogen) atoms. The number of benzene rings is 1. The van der Waals surface area contributed by atoms with Crippen LogP contribution in [0.2, 0.25) is 0 Å². The Morgan fingerprint density at radius 1 is 1.14 bits per heavy atom. The number of ether oxygens (including phenoxy) is 3. The zero-order valence-corrected chi connectivity index (χ0v) is 16.1. The molecule has 0 bridgehead atoms. The summed E-state index contributed by atoms with van der Waals surface area (Å²) in [4.78, 5) is 39.4. The number of aromatic amines is 1. The lowest BCUT2D eigenvalue weighted by Gasteiger charge is -2.13. The van der Waals surface area contributed by atoms with Crippen LogP contribution in [0.25, 0.3) is 0 Å². The Kier molecular flexibility index (Phi) is 6.92. The largest absolute Gasteiger partial charge is 0.482 e. The van der Waals surface area contributed by atoms with Gasteiger partial charge in [0.15, 0.2) is 12.7 Å². The minimum atomic E-state index is -1.09. The van der Waals surface area contributed by atoms with Crippen molar-refractivity contribution in [2.75, 3.05) is 13.2 Å². The van der Waals surface area contributed by atoms with E-state index in [2.05, 4.69) is 4.98 Å². The van der Waals surface area contributed by atoms with Crippen molar-refractivity contribution in [1.82, 2.24) is 4.98 Å². The second-order valence-electron chi connectivity index (χ2n) is 6.08. The van der Waals surface area contributed by atoms with Crippen LogP contribution in [0.3, 0.4) is 0 Å². The van der Waals surface area contributed by atoms with Crippen molar-refractivity contribution in [2.45, 2.75) is 33.8 Å². The lowest BCUT2D eigenvalue weighted by molar-refractivity contribution is -0.148. The van der Waals surface area contributed by atoms with E-state index in [0.717, 1.165) is 0 Å². The first-order chi connectivity index (χ1) is 13.2. The molecule has 0 radical (unpaired) electrons. The van der Waals surface area contributed by atoms with Gasteiger partial charge in [0.05, 0.1) is 17.9 Å². The first kappa shape index (κ1) is 21.1. The predicted molar refractivity (Wildman–Crippen MR) is 98.0 cm³/mol. The van der Waals surface area contributed by atoms with Gasteiger partial charge in [0.1, 0.15) is 11.6 Å². The van der Waals surface area contributed by atoms with Crippen LogP contribution in [0, 0.1) is 19.7 Å². The maximum absolute atomic E-state index is 12.8. The molecule has 8 heteroatoms. The summed E-state index contributed by atoms with van der Waals surface area (Å²) in [7, 11) is 0. The highest BCUT2D eigenvalue weighted by atomic mass is 19.1. The monoisotopic (exact) mass is 391 g/mol. The average molecular weight is 391 g/mol. The van der Waals surface area contributed by atoms with Gasteiger partial charge in [-0.15, -0.1) is 0 Å². The molecular weight excluding hydrogens is 369 g/mol. The number of aromatic nitrogens is 1. The van der Waals surface area contributed by atoms with Gasteiger partial charge in [-0.05, 0) is 57.5 Å². The molecule has 0 saturated carbocycles. The van der Waals surface area contributed by atoms with E-state index in [1.165, 1.54) is 31.2 Å². The van der Waals surface area contributed by atoms with Crippen LogP contribution in [0.4, 0.5) is 4.39 Å². The number of nitrogens with one attached hydrogen (secondary N) is 1. The topological polar surface area (TPSA) is 94.7 Å². The fourth-order valence-corrected chi connectivity index (χ4v) is 2.67. The van der Waals surface area contributed by atoms with Crippen LogP contribution in [0.5, 0.6) is 5.75 Å². The second kappa shape index (κ2) is 9.16. The number of halogens is 1. The second-order valence-corrected chi connectivity index (χ2v) is 6.08. The van der Waals surface area contributed by atoms with Crippen LogP contribution >= 0.6 is 0 Å². The van der Waals surface area contributed by atoms with Crippen molar-refractivity contribution in [2.24, 2.45) is 0 Å². The summed E-state index contributed by atoms with van der Waals surface area (Å²) in [5.74, 6) is -1.88. The molecule has 0 aliphatic carbocycles. The Labute approximate surface area is 161 Å². The summed E-state index contributed by atoms with van der Waals surface area (Å²) < 4.78 is 28.1. The summed E-state index contributed by atoms with van der Waals surface area (Å²) in [6, 6.07) is 5.15. The third kappa shape index (κ3) is 4.97. The molecule has 0 saturated heterocycles. The smallest absolute Gasteiger partial charge is 0.344 e. The standard InChI is InChI=1S/C20H22FNO6/c1-5-26-20(25)17-11(2)18(22-12(17)3)19(24)13(4)28-16(23)10-27-15-8-6-14(21)7-9-15/h6-9,13,22H,5,10H2,1-4H3/t13-/m0/s1. The third-order valence-corrected chi connectivity index (χ3v) is 4.01. The van der Waals surface area contributed by atoms with Crippen molar-refractivity contribution >= 4 is 17.7 Å². The van der Waals surface area contributed by atoms with E-state index in [9.17, 15) is 18.8 Å². The van der Waals surface area contributed by atoms with E-state index in [0.29, 0.717) is 22.6 Å². The summed E-state index contributed by atoms with van der Waals surface area (Å²) in [5, 5.41) is 0. The van der Waals surface area contributed by atoms with E-state index in [4.69, 9.17) is 14.2 Å². The Hall–Kier alpha value is -3.16. The van der Waals surface area contributed by atoms with Crippen LogP contribution in [-0.4, -0.2) is 42.0 Å². The molecular formula is C20H22FNO6. The zero-order chi connectivity index (χ0) is 20.8. The number of hydrogen-bond donors (Lipinski definition) is 1. The maximum atomic E-state index is 12.8. The van der Waals surface area contributed by atoms with E-state index in [-0.39, 0.29) is 12.3 Å². The van der Waals surface area contributed by atoms with Gasteiger partial charge >= 0.3 is 11.9 Å². The van der Waals surface area contributed by atoms with Gasteiger partial charge in [-0.2, -0.15) is 0 Å². The van der Waals surface area contributed by atoms with Crippen LogP contribution < -0.4 is 4.74 Å². The first-order valence-electron chi connectivity index (χ1n) is 8.72. The Bertz CT molecular complexity index is 872. The van der Waals surface area contributed by atoms with Gasteiger partial charge in [0, 0.05) is 5.69 Å². The maximum Gasteiger partial charge on any atom is 0.344 e. The molecule has 150 valence electrons. The molecule has 0 spiro atoms. The number of rotatable bonds is 8. The van der Waals surface area contributed by atoms with Gasteiger partial charge in [-0.1, -0.05) is 0 Å². The van der Waals surface area contributed by atoms with E-state index >= 15 is 0 Å². The summed E-state index contributed by atoms with van der Waals surface area (Å²) >= 11 is 0. The number of carbonyl (C=O) groups is 3. The Morgan fingerprint density at radius 2 is 1.79 bits per heavy atom. The third-order valence-electron chi connectivity index (χ3n) is 4.01. The van der Waals surface area contributed by atoms with Crippen molar-refractivity contribution in [1.29, 1.82) is 0 Å². The molecule has 0 unspecified atom stereocenters. The van der Waals surface area contributed by atoms with Crippen molar-refractivity contribution in [3.05, 3.63) is 52.6 Å². The highest BCUT2D eigenvalue weighted by Crippen LogP contribution is 2.21. The number of aryl methyl sites for hydroxylation is 1. The van der Waals surface area contributed by atoms with Gasteiger partial charge in [-0.25, -0.2) is 14.0 Å². The van der Waals surface area contributed by atoms with Crippen molar-refractivity contribution in [3.8, 4) is 5.75 Å². The van der Waals surface area contributed by atoms with Gasteiger partial charge < -0.3 is 19.2 Å². The van der Waals surface area contributed by atoms with Gasteiger partial charge in [0.2, 0.25) is 5.78 Å². The fourth-order valence-electron chi connectivity index (χ4n) is 2.67. The Morgan fingerprint density at radius 3 is 2.39 bits per heavy atom. The molecule has 1 heterocycles. The molecule has 0 aliphatic rings. The zero-order valence-electron chi connectivity index (χ0n) is 16.1. The molecule has 7 nitrogen and oxygen atoms in total. The molecule has 0 amide bonds. The molecule has 1 N–H and O–H groups in total. The lowest BCUT2D eigenvalue weighted by Crippen LogP contribution is -2.28. The van der Waals surface area contributed by atoms with Gasteiger partial charge in [0.25, 0.3) is 0 Å². The number of Topliss-reactive ketones (excluding diaryl/α,β-unsaturated/α-hetero) is 1. The van der Waals surface area contributed by atoms with Gasteiger partial charge in [-0.3, -0.25) is 4.79 Å². The van der Waals surface area contributed by atoms with Crippen LogP contribution in [-0.2, 0) is 14.3 Å². The predicted octanol–water partition coefficient (Wildman–Crippen LogP) is 3.14. The first-order valence-corrected chi connectivity index (χ1v) is 8.72. The quantitative estimate of drug-likeness (QED) is 0.549. The van der Waals surface area contributed by atoms with Crippen LogP contribution in [0.15, 0.2) is 24.3 Å². The molecule has 0 aliphatic heterocycles. The minimum absolute atomic E-state index is 0.181. The number of ketones is 1. The summed E-state index contributed by atoms with van der Waals surface area (Å²) in [6.07, 6.45) is -1.09. The van der Waals surface area contributed by atoms with E-state index < -0.39 is 36.2 Å². The fraction of sp³-hybridized carbons (Fsp3) is 0.350. The molecule has 2 aromatic rings. The number of H-pyrrole nitrogens is 1. The molecule has 1 aromatic carbocycles. The highest BCUT2D eigenvalue weighted by Gasteiger charge is 2.27. The Balaban J connectivity index is 2.00.